The summed E-state index contributed by atoms with van der Waals surface area (Å²) in [5.74, 6) is 1.20. The van der Waals surface area contributed by atoms with Crippen LogP contribution in [0.3, 0.4) is 0 Å². The predicted octanol–water partition coefficient (Wildman–Crippen LogP) is 3.89. The SMILES string of the molecule is CC(=O)Nc1ccc(S(=O)(=O)Nc2ccc(Nc3nc(C)cc(N4CCCC4)n3)cc2)cc1. The van der Waals surface area contributed by atoms with E-state index in [-0.39, 0.29) is 10.8 Å². The molecule has 10 heteroatoms. The minimum absolute atomic E-state index is 0.0985. The van der Waals surface area contributed by atoms with Gasteiger partial charge in [0, 0.05) is 48.8 Å². The van der Waals surface area contributed by atoms with Gasteiger partial charge in [-0.15, -0.1) is 0 Å². The average Bonchev–Trinajstić information content (AvgIpc) is 3.30. The minimum atomic E-state index is -3.76. The fourth-order valence-electron chi connectivity index (χ4n) is 3.60. The molecule has 0 spiro atoms. The third-order valence-electron chi connectivity index (χ3n) is 5.15. The van der Waals surface area contributed by atoms with Gasteiger partial charge in [-0.3, -0.25) is 9.52 Å². The van der Waals surface area contributed by atoms with Crippen molar-refractivity contribution in [1.29, 1.82) is 0 Å². The number of carbonyl (C=O) groups excluding carboxylic acids is 1. The lowest BCUT2D eigenvalue weighted by Gasteiger charge is -2.17. The van der Waals surface area contributed by atoms with Gasteiger partial charge in [0.2, 0.25) is 11.9 Å². The van der Waals surface area contributed by atoms with E-state index in [2.05, 4.69) is 30.2 Å². The van der Waals surface area contributed by atoms with Crippen molar-refractivity contribution >= 4 is 44.8 Å². The molecule has 0 atom stereocenters. The molecule has 0 radical (unpaired) electrons. The fraction of sp³-hybridized carbons (Fsp3) is 0.261. The standard InChI is InChI=1S/C23H26N6O3S/c1-16-15-22(29-13-3-4-14-29)27-23(24-16)26-19-5-7-20(8-6-19)28-33(31,32)21-11-9-18(10-12-21)25-17(2)30/h5-12,15,28H,3-4,13-14H2,1-2H3,(H,25,30)(H,24,26,27). The number of sulfonamides is 1. The van der Waals surface area contributed by atoms with Crippen molar-refractivity contribution in [1.82, 2.24) is 9.97 Å². The zero-order chi connectivity index (χ0) is 23.4. The van der Waals surface area contributed by atoms with E-state index in [0.717, 1.165) is 30.3 Å². The van der Waals surface area contributed by atoms with Crippen molar-refractivity contribution < 1.29 is 13.2 Å². The number of nitrogens with zero attached hydrogens (tertiary/aromatic N) is 3. The number of amides is 1. The number of benzene rings is 2. The molecule has 1 amide bonds. The maximum absolute atomic E-state index is 12.7. The third kappa shape index (κ3) is 5.78. The number of hydrogen-bond donors (Lipinski definition) is 3. The molecule has 3 N–H and O–H groups in total. The highest BCUT2D eigenvalue weighted by molar-refractivity contribution is 7.92. The molecule has 0 aliphatic carbocycles. The molecule has 2 heterocycles. The molecule has 3 aromatic rings. The number of aromatic nitrogens is 2. The van der Waals surface area contributed by atoms with E-state index in [1.807, 2.05) is 13.0 Å². The van der Waals surface area contributed by atoms with E-state index in [1.165, 1.54) is 31.9 Å². The number of aryl methyl sites for hydroxylation is 1. The van der Waals surface area contributed by atoms with Crippen LogP contribution in [0.1, 0.15) is 25.5 Å². The molecule has 1 aromatic heterocycles. The Bertz CT molecular complexity index is 1240. The van der Waals surface area contributed by atoms with Crippen LogP contribution >= 0.6 is 0 Å². The van der Waals surface area contributed by atoms with Crippen LogP contribution in [0.5, 0.6) is 0 Å². The van der Waals surface area contributed by atoms with Crippen LogP contribution in [0.25, 0.3) is 0 Å². The summed E-state index contributed by atoms with van der Waals surface area (Å²) in [7, 11) is -3.76. The molecule has 9 nitrogen and oxygen atoms in total. The lowest BCUT2D eigenvalue weighted by molar-refractivity contribution is -0.114. The van der Waals surface area contributed by atoms with E-state index in [4.69, 9.17) is 0 Å². The number of anilines is 5. The molecule has 0 saturated carbocycles. The van der Waals surface area contributed by atoms with E-state index in [9.17, 15) is 13.2 Å². The van der Waals surface area contributed by atoms with Crippen LogP contribution in [0.2, 0.25) is 0 Å². The van der Waals surface area contributed by atoms with Gasteiger partial charge in [-0.1, -0.05) is 0 Å². The molecule has 0 unspecified atom stereocenters. The summed E-state index contributed by atoms with van der Waals surface area (Å²) in [4.78, 5) is 22.5. The molecule has 4 rings (SSSR count). The Kier molecular flexibility index (Phi) is 6.45. The second-order valence-electron chi connectivity index (χ2n) is 7.90. The van der Waals surface area contributed by atoms with Gasteiger partial charge in [0.25, 0.3) is 10.0 Å². The topological polar surface area (TPSA) is 116 Å². The summed E-state index contributed by atoms with van der Waals surface area (Å²) in [5.41, 5.74) is 2.58. The Morgan fingerprint density at radius 1 is 0.909 bits per heavy atom. The van der Waals surface area contributed by atoms with Crippen molar-refractivity contribution in [3.8, 4) is 0 Å². The quantitative estimate of drug-likeness (QED) is 0.484. The molecule has 1 fully saturated rings. The van der Waals surface area contributed by atoms with Gasteiger partial charge < -0.3 is 15.5 Å². The van der Waals surface area contributed by atoms with E-state index in [0.29, 0.717) is 17.3 Å². The normalized spacial score (nSPS) is 13.6. The zero-order valence-electron chi connectivity index (χ0n) is 18.5. The van der Waals surface area contributed by atoms with Crippen molar-refractivity contribution in [2.45, 2.75) is 31.6 Å². The highest BCUT2D eigenvalue weighted by Crippen LogP contribution is 2.24. The smallest absolute Gasteiger partial charge is 0.261 e. The number of carbonyl (C=O) groups is 1. The van der Waals surface area contributed by atoms with E-state index >= 15 is 0 Å². The van der Waals surface area contributed by atoms with Gasteiger partial charge >= 0.3 is 0 Å². The first-order valence-electron chi connectivity index (χ1n) is 10.7. The number of hydrogen-bond acceptors (Lipinski definition) is 7. The Hall–Kier alpha value is -3.66. The van der Waals surface area contributed by atoms with E-state index < -0.39 is 10.0 Å². The van der Waals surface area contributed by atoms with Crippen LogP contribution in [0, 0.1) is 6.92 Å². The summed E-state index contributed by atoms with van der Waals surface area (Å²) in [6.45, 7) is 5.33. The van der Waals surface area contributed by atoms with Crippen LogP contribution in [-0.4, -0.2) is 37.4 Å². The molecular formula is C23H26N6O3S. The van der Waals surface area contributed by atoms with Crippen LogP contribution < -0.4 is 20.3 Å². The van der Waals surface area contributed by atoms with Gasteiger partial charge in [-0.2, -0.15) is 4.98 Å². The summed E-state index contributed by atoms with van der Waals surface area (Å²) >= 11 is 0. The van der Waals surface area contributed by atoms with Gasteiger partial charge in [0.1, 0.15) is 5.82 Å². The first kappa shape index (κ1) is 22.5. The Balaban J connectivity index is 1.43. The summed E-state index contributed by atoms with van der Waals surface area (Å²) in [5, 5.41) is 5.80. The molecule has 0 bridgehead atoms. The first-order chi connectivity index (χ1) is 15.8. The van der Waals surface area contributed by atoms with Crippen LogP contribution in [0.4, 0.5) is 28.8 Å². The molecule has 172 valence electrons. The Morgan fingerprint density at radius 3 is 2.15 bits per heavy atom. The second kappa shape index (κ2) is 9.45. The average molecular weight is 467 g/mol. The summed E-state index contributed by atoms with van der Waals surface area (Å²) in [6, 6.07) is 14.8. The minimum Gasteiger partial charge on any atom is -0.356 e. The first-order valence-corrected chi connectivity index (χ1v) is 12.1. The van der Waals surface area contributed by atoms with Gasteiger partial charge in [-0.25, -0.2) is 13.4 Å². The van der Waals surface area contributed by atoms with Crippen LogP contribution in [0.15, 0.2) is 59.5 Å². The Labute approximate surface area is 193 Å². The highest BCUT2D eigenvalue weighted by atomic mass is 32.2. The van der Waals surface area contributed by atoms with Crippen molar-refractivity contribution in [3.63, 3.8) is 0 Å². The monoisotopic (exact) mass is 466 g/mol. The van der Waals surface area contributed by atoms with Gasteiger partial charge in [0.05, 0.1) is 4.90 Å². The van der Waals surface area contributed by atoms with Crippen LogP contribution in [-0.2, 0) is 14.8 Å². The summed E-state index contributed by atoms with van der Waals surface area (Å²) < 4.78 is 27.9. The lowest BCUT2D eigenvalue weighted by Crippen LogP contribution is -2.19. The maximum Gasteiger partial charge on any atom is 0.261 e. The maximum atomic E-state index is 12.7. The second-order valence-corrected chi connectivity index (χ2v) is 9.58. The third-order valence-corrected chi connectivity index (χ3v) is 6.55. The molecular weight excluding hydrogens is 440 g/mol. The van der Waals surface area contributed by atoms with Gasteiger partial charge in [0.15, 0.2) is 0 Å². The molecule has 2 aromatic carbocycles. The molecule has 1 aliphatic rings. The Morgan fingerprint density at radius 2 is 1.52 bits per heavy atom. The number of rotatable bonds is 7. The zero-order valence-corrected chi connectivity index (χ0v) is 19.3. The van der Waals surface area contributed by atoms with E-state index in [1.54, 1.807) is 36.4 Å². The number of nitrogens with one attached hydrogen (secondary N) is 3. The van der Waals surface area contributed by atoms with Crippen molar-refractivity contribution in [3.05, 3.63) is 60.3 Å². The summed E-state index contributed by atoms with van der Waals surface area (Å²) in [6.07, 6.45) is 2.34. The van der Waals surface area contributed by atoms with Crippen molar-refractivity contribution in [2.75, 3.05) is 33.3 Å². The molecule has 1 saturated heterocycles. The fourth-order valence-corrected chi connectivity index (χ4v) is 4.66. The van der Waals surface area contributed by atoms with Crippen molar-refractivity contribution in [2.24, 2.45) is 0 Å². The molecule has 1 aliphatic heterocycles. The predicted molar refractivity (Wildman–Crippen MR) is 129 cm³/mol. The van der Waals surface area contributed by atoms with Gasteiger partial charge in [-0.05, 0) is 68.3 Å². The highest BCUT2D eigenvalue weighted by Gasteiger charge is 2.16. The lowest BCUT2D eigenvalue weighted by atomic mass is 10.3. The largest absolute Gasteiger partial charge is 0.356 e. The molecule has 33 heavy (non-hydrogen) atoms.